The second-order valence-electron chi connectivity index (χ2n) is 3.93. The molecule has 2 aromatic carbocycles. The van der Waals surface area contributed by atoms with Crippen molar-refractivity contribution in [1.82, 2.24) is 0 Å². The average Bonchev–Trinajstić information content (AvgIpc) is 2.38. The first-order valence-corrected chi connectivity index (χ1v) is 6.18. The Morgan fingerprint density at radius 2 is 1.63 bits per heavy atom. The fraction of sp³-hybridized carbons (Fsp3) is 0.0769. The van der Waals surface area contributed by atoms with E-state index in [1.54, 1.807) is 48.3 Å². The maximum Gasteiger partial charge on any atom is 0.294 e. The van der Waals surface area contributed by atoms with E-state index in [1.165, 1.54) is 6.07 Å². The molecule has 6 heteroatoms. The summed E-state index contributed by atoms with van der Waals surface area (Å²) in [5.41, 5.74) is 1.23. The molecule has 0 fully saturated rings. The molecule has 0 aliphatic rings. The van der Waals surface area contributed by atoms with Crippen molar-refractivity contribution in [3.8, 4) is 0 Å². The van der Waals surface area contributed by atoms with E-state index in [9.17, 15) is 10.1 Å². The lowest BCUT2D eigenvalue weighted by atomic mass is 10.2. The number of nitrogens with zero attached hydrogens (tertiary/aromatic N) is 2. The van der Waals surface area contributed by atoms with Crippen molar-refractivity contribution in [2.45, 2.75) is 0 Å². The fourth-order valence-electron chi connectivity index (χ4n) is 1.73. The number of benzene rings is 2. The van der Waals surface area contributed by atoms with Gasteiger partial charge in [-0.25, -0.2) is 0 Å². The first-order valence-electron chi connectivity index (χ1n) is 5.42. The lowest BCUT2D eigenvalue weighted by Crippen LogP contribution is -2.11. The van der Waals surface area contributed by atoms with E-state index in [2.05, 4.69) is 0 Å². The summed E-state index contributed by atoms with van der Waals surface area (Å²) in [6.07, 6.45) is 0. The molecular weight excluding hydrogens is 287 g/mol. The summed E-state index contributed by atoms with van der Waals surface area (Å²) in [7, 11) is 1.75. The summed E-state index contributed by atoms with van der Waals surface area (Å²) in [6, 6.07) is 11.6. The van der Waals surface area contributed by atoms with Gasteiger partial charge in [0.1, 0.15) is 5.69 Å². The minimum atomic E-state index is -0.451. The normalized spacial score (nSPS) is 10.3. The fourth-order valence-corrected chi connectivity index (χ4v) is 2.02. The van der Waals surface area contributed by atoms with Crippen molar-refractivity contribution in [2.24, 2.45) is 0 Å². The molecule has 0 unspecified atom stereocenters. The van der Waals surface area contributed by atoms with Gasteiger partial charge in [0.25, 0.3) is 5.69 Å². The quantitative estimate of drug-likeness (QED) is 0.611. The van der Waals surface area contributed by atoms with E-state index in [-0.39, 0.29) is 5.69 Å². The molecule has 0 spiro atoms. The van der Waals surface area contributed by atoms with Crippen molar-refractivity contribution in [1.29, 1.82) is 0 Å². The second kappa shape index (κ2) is 5.47. The van der Waals surface area contributed by atoms with Gasteiger partial charge in [0.2, 0.25) is 0 Å². The summed E-state index contributed by atoms with van der Waals surface area (Å²) >= 11 is 11.6. The topological polar surface area (TPSA) is 46.4 Å². The molecule has 19 heavy (non-hydrogen) atoms. The SMILES string of the molecule is CN(c1ccc(Cl)cc1)c1ccc(Cl)cc1[N+](=O)[O-]. The molecule has 4 nitrogen and oxygen atoms in total. The smallest absolute Gasteiger partial charge is 0.294 e. The van der Waals surface area contributed by atoms with Crippen molar-refractivity contribution in [2.75, 3.05) is 11.9 Å². The molecule has 0 atom stereocenters. The zero-order chi connectivity index (χ0) is 14.0. The van der Waals surface area contributed by atoms with Crippen molar-refractivity contribution in [3.63, 3.8) is 0 Å². The van der Waals surface area contributed by atoms with Gasteiger partial charge in [0, 0.05) is 28.8 Å². The predicted octanol–water partition coefficient (Wildman–Crippen LogP) is 4.67. The number of hydrogen-bond acceptors (Lipinski definition) is 3. The van der Waals surface area contributed by atoms with Gasteiger partial charge < -0.3 is 4.90 Å². The van der Waals surface area contributed by atoms with E-state index < -0.39 is 4.92 Å². The zero-order valence-electron chi connectivity index (χ0n) is 10.0. The van der Waals surface area contributed by atoms with E-state index in [0.29, 0.717) is 15.7 Å². The van der Waals surface area contributed by atoms with Crippen LogP contribution in [0.5, 0.6) is 0 Å². The zero-order valence-corrected chi connectivity index (χ0v) is 11.5. The molecular formula is C13H10Cl2N2O2. The Balaban J connectivity index is 2.46. The largest absolute Gasteiger partial charge is 0.339 e. The van der Waals surface area contributed by atoms with Gasteiger partial charge in [0.15, 0.2) is 0 Å². The van der Waals surface area contributed by atoms with Crippen LogP contribution < -0.4 is 4.90 Å². The Bertz CT molecular complexity index is 615. The third kappa shape index (κ3) is 2.97. The third-order valence-electron chi connectivity index (χ3n) is 2.71. The van der Waals surface area contributed by atoms with Gasteiger partial charge in [-0.05, 0) is 36.4 Å². The minimum absolute atomic E-state index is 0.0371. The molecule has 0 aromatic heterocycles. The maximum atomic E-state index is 11.1. The number of hydrogen-bond donors (Lipinski definition) is 0. The molecule has 0 radical (unpaired) electrons. The Hall–Kier alpha value is -1.78. The van der Waals surface area contributed by atoms with Gasteiger partial charge in [0.05, 0.1) is 4.92 Å². The summed E-state index contributed by atoms with van der Waals surface area (Å²) in [6.45, 7) is 0. The Morgan fingerprint density at radius 3 is 2.21 bits per heavy atom. The Labute approximate surface area is 120 Å². The van der Waals surface area contributed by atoms with Crippen LogP contribution in [0.4, 0.5) is 17.1 Å². The van der Waals surface area contributed by atoms with Gasteiger partial charge in [-0.15, -0.1) is 0 Å². The molecule has 2 rings (SSSR count). The van der Waals surface area contributed by atoms with Crippen molar-refractivity contribution in [3.05, 3.63) is 62.6 Å². The molecule has 98 valence electrons. The lowest BCUT2D eigenvalue weighted by molar-refractivity contribution is -0.384. The number of halogens is 2. The van der Waals surface area contributed by atoms with Gasteiger partial charge in [-0.2, -0.15) is 0 Å². The number of rotatable bonds is 3. The van der Waals surface area contributed by atoms with Crippen LogP contribution in [0.25, 0.3) is 0 Å². The summed E-state index contributed by atoms with van der Waals surface area (Å²) < 4.78 is 0. The van der Waals surface area contributed by atoms with Gasteiger partial charge in [-0.1, -0.05) is 23.2 Å². The maximum absolute atomic E-state index is 11.1. The second-order valence-corrected chi connectivity index (χ2v) is 4.80. The molecule has 0 saturated carbocycles. The van der Waals surface area contributed by atoms with Crippen LogP contribution in [0.3, 0.4) is 0 Å². The molecule has 0 saturated heterocycles. The van der Waals surface area contributed by atoms with E-state index >= 15 is 0 Å². The van der Waals surface area contributed by atoms with Crippen LogP contribution >= 0.6 is 23.2 Å². The Kier molecular flexibility index (Phi) is 3.93. The number of nitro groups is 1. The Morgan fingerprint density at radius 1 is 1.05 bits per heavy atom. The molecule has 0 aliphatic heterocycles. The summed E-state index contributed by atoms with van der Waals surface area (Å²) in [5, 5.41) is 12.0. The van der Waals surface area contributed by atoms with Crippen LogP contribution in [0.2, 0.25) is 10.0 Å². The molecule has 0 amide bonds. The third-order valence-corrected chi connectivity index (χ3v) is 3.20. The molecule has 0 heterocycles. The van der Waals surface area contributed by atoms with E-state index in [0.717, 1.165) is 5.69 Å². The van der Waals surface area contributed by atoms with Crippen molar-refractivity contribution >= 4 is 40.3 Å². The van der Waals surface area contributed by atoms with Crippen LogP contribution in [-0.4, -0.2) is 12.0 Å². The number of anilines is 2. The monoisotopic (exact) mass is 296 g/mol. The number of nitro benzene ring substituents is 1. The first-order chi connectivity index (χ1) is 8.99. The highest BCUT2D eigenvalue weighted by molar-refractivity contribution is 6.31. The molecule has 2 aromatic rings. The summed E-state index contributed by atoms with van der Waals surface area (Å²) in [4.78, 5) is 12.3. The highest BCUT2D eigenvalue weighted by atomic mass is 35.5. The van der Waals surface area contributed by atoms with Crippen LogP contribution in [0.15, 0.2) is 42.5 Å². The highest BCUT2D eigenvalue weighted by Crippen LogP contribution is 2.34. The van der Waals surface area contributed by atoms with Gasteiger partial charge >= 0.3 is 0 Å². The van der Waals surface area contributed by atoms with Gasteiger partial charge in [-0.3, -0.25) is 10.1 Å². The lowest BCUT2D eigenvalue weighted by Gasteiger charge is -2.19. The first kappa shape index (κ1) is 13.6. The van der Waals surface area contributed by atoms with Crippen LogP contribution in [-0.2, 0) is 0 Å². The summed E-state index contributed by atoms with van der Waals surface area (Å²) in [5.74, 6) is 0. The minimum Gasteiger partial charge on any atom is -0.339 e. The standard InChI is InChI=1S/C13H10Cl2N2O2/c1-16(11-5-2-9(14)3-6-11)12-7-4-10(15)8-13(12)17(18)19/h2-8H,1H3. The molecule has 0 aliphatic carbocycles. The average molecular weight is 297 g/mol. The van der Waals surface area contributed by atoms with E-state index in [4.69, 9.17) is 23.2 Å². The molecule has 0 bridgehead atoms. The van der Waals surface area contributed by atoms with E-state index in [1.807, 2.05) is 0 Å². The van der Waals surface area contributed by atoms with Crippen LogP contribution in [0, 0.1) is 10.1 Å². The predicted molar refractivity (Wildman–Crippen MR) is 77.6 cm³/mol. The van der Waals surface area contributed by atoms with Crippen LogP contribution in [0.1, 0.15) is 0 Å². The van der Waals surface area contributed by atoms with Crippen molar-refractivity contribution < 1.29 is 4.92 Å². The molecule has 0 N–H and O–H groups in total. The highest BCUT2D eigenvalue weighted by Gasteiger charge is 2.18.